The normalized spacial score (nSPS) is 10.8. The van der Waals surface area contributed by atoms with E-state index in [1.165, 1.54) is 19.9 Å². The van der Waals surface area contributed by atoms with Gasteiger partial charge in [-0.15, -0.1) is 0 Å². The monoisotopic (exact) mass is 252 g/mol. The molecule has 0 saturated carbocycles. The van der Waals surface area contributed by atoms with Crippen molar-refractivity contribution in [2.24, 2.45) is 0 Å². The first-order valence-corrected chi connectivity index (χ1v) is 5.38. The molecular formula is C12H13ClN2O2. The number of nitrogens with one attached hydrogen (secondary N) is 1. The maximum atomic E-state index is 11.6. The highest BCUT2D eigenvalue weighted by molar-refractivity contribution is 6.33. The zero-order chi connectivity index (χ0) is 13.2. The van der Waals surface area contributed by atoms with Gasteiger partial charge in [-0.05, 0) is 38.5 Å². The number of hydrogen-bond acceptors (Lipinski definition) is 3. The summed E-state index contributed by atoms with van der Waals surface area (Å²) in [6.07, 6.45) is 0. The van der Waals surface area contributed by atoms with Gasteiger partial charge in [-0.2, -0.15) is 5.26 Å². The standard InChI is InChI=1S/C12H13ClN2O2/c1-7-9(15-11(16)12(2,3)17)5-4-8(6-14)10(7)13/h4-5,17H,1-3H3,(H,15,16). The van der Waals surface area contributed by atoms with E-state index in [2.05, 4.69) is 5.32 Å². The van der Waals surface area contributed by atoms with Crippen molar-refractivity contribution < 1.29 is 9.90 Å². The Bertz CT molecular complexity index is 498. The van der Waals surface area contributed by atoms with Crippen LogP contribution in [0, 0.1) is 18.3 Å². The van der Waals surface area contributed by atoms with Crippen molar-refractivity contribution in [3.8, 4) is 6.07 Å². The predicted molar refractivity (Wildman–Crippen MR) is 65.8 cm³/mol. The average Bonchev–Trinajstić information content (AvgIpc) is 2.23. The topological polar surface area (TPSA) is 73.1 Å². The molecule has 0 unspecified atom stereocenters. The maximum absolute atomic E-state index is 11.6. The van der Waals surface area contributed by atoms with Gasteiger partial charge in [0.05, 0.1) is 10.6 Å². The van der Waals surface area contributed by atoms with Gasteiger partial charge in [0, 0.05) is 5.69 Å². The van der Waals surface area contributed by atoms with Gasteiger partial charge in [-0.1, -0.05) is 11.6 Å². The van der Waals surface area contributed by atoms with Crippen LogP contribution in [0.25, 0.3) is 0 Å². The zero-order valence-corrected chi connectivity index (χ0v) is 10.6. The van der Waals surface area contributed by atoms with E-state index in [1.54, 1.807) is 13.0 Å². The van der Waals surface area contributed by atoms with E-state index in [-0.39, 0.29) is 0 Å². The molecule has 1 rings (SSSR count). The van der Waals surface area contributed by atoms with Crippen LogP contribution in [0.1, 0.15) is 25.0 Å². The van der Waals surface area contributed by atoms with Crippen molar-refractivity contribution in [3.63, 3.8) is 0 Å². The van der Waals surface area contributed by atoms with Crippen molar-refractivity contribution in [2.45, 2.75) is 26.4 Å². The second kappa shape index (κ2) is 4.74. The molecule has 90 valence electrons. The summed E-state index contributed by atoms with van der Waals surface area (Å²) in [7, 11) is 0. The van der Waals surface area contributed by atoms with Gasteiger partial charge in [0.15, 0.2) is 0 Å². The first-order valence-electron chi connectivity index (χ1n) is 5.00. The molecule has 17 heavy (non-hydrogen) atoms. The van der Waals surface area contributed by atoms with Gasteiger partial charge in [-0.25, -0.2) is 0 Å². The summed E-state index contributed by atoms with van der Waals surface area (Å²) < 4.78 is 0. The highest BCUT2D eigenvalue weighted by Gasteiger charge is 2.24. The second-order valence-electron chi connectivity index (χ2n) is 4.22. The van der Waals surface area contributed by atoms with Crippen LogP contribution in [0.15, 0.2) is 12.1 Å². The molecule has 4 nitrogen and oxygen atoms in total. The number of amides is 1. The minimum absolute atomic E-state index is 0.307. The number of nitriles is 1. The first kappa shape index (κ1) is 13.5. The predicted octanol–water partition coefficient (Wildman–Crippen LogP) is 2.23. The fraction of sp³-hybridized carbons (Fsp3) is 0.333. The van der Waals surface area contributed by atoms with Crippen LogP contribution in [-0.2, 0) is 4.79 Å². The number of aliphatic hydroxyl groups is 1. The van der Waals surface area contributed by atoms with Gasteiger partial charge < -0.3 is 10.4 Å². The molecule has 5 heteroatoms. The summed E-state index contributed by atoms with van der Waals surface area (Å²) in [6, 6.07) is 5.06. The molecule has 0 saturated heterocycles. The lowest BCUT2D eigenvalue weighted by Gasteiger charge is -2.18. The van der Waals surface area contributed by atoms with Crippen molar-refractivity contribution in [1.82, 2.24) is 0 Å². The Labute approximate surface area is 105 Å². The van der Waals surface area contributed by atoms with Crippen LogP contribution in [0.4, 0.5) is 5.69 Å². The molecule has 0 fully saturated rings. The molecule has 1 aromatic carbocycles. The SMILES string of the molecule is Cc1c(NC(=O)C(C)(C)O)ccc(C#N)c1Cl. The number of rotatable bonds is 2. The van der Waals surface area contributed by atoms with Crippen LogP contribution < -0.4 is 5.32 Å². The molecule has 0 atom stereocenters. The number of nitrogens with zero attached hydrogens (tertiary/aromatic N) is 1. The first-order chi connectivity index (χ1) is 7.77. The van der Waals surface area contributed by atoms with Gasteiger partial charge in [0.25, 0.3) is 5.91 Å². The Morgan fingerprint density at radius 1 is 1.53 bits per heavy atom. The van der Waals surface area contributed by atoms with E-state index in [1.807, 2.05) is 6.07 Å². The number of carbonyl (C=O) groups excluding carboxylic acids is 1. The fourth-order valence-electron chi connectivity index (χ4n) is 1.18. The molecule has 1 aromatic rings. The molecule has 0 aromatic heterocycles. The van der Waals surface area contributed by atoms with E-state index >= 15 is 0 Å². The van der Waals surface area contributed by atoms with E-state index in [0.717, 1.165) is 0 Å². The van der Waals surface area contributed by atoms with Crippen LogP contribution in [0.5, 0.6) is 0 Å². The van der Waals surface area contributed by atoms with E-state index < -0.39 is 11.5 Å². The van der Waals surface area contributed by atoms with Crippen molar-refractivity contribution in [1.29, 1.82) is 5.26 Å². The molecular weight excluding hydrogens is 240 g/mol. The third kappa shape index (κ3) is 2.96. The largest absolute Gasteiger partial charge is 0.381 e. The molecule has 0 aliphatic heterocycles. The van der Waals surface area contributed by atoms with Crippen LogP contribution in [0.3, 0.4) is 0 Å². The minimum Gasteiger partial charge on any atom is -0.381 e. The van der Waals surface area contributed by atoms with Gasteiger partial charge in [-0.3, -0.25) is 4.79 Å². The number of hydrogen-bond donors (Lipinski definition) is 2. The molecule has 0 aliphatic rings. The van der Waals surface area contributed by atoms with E-state index in [9.17, 15) is 9.90 Å². The van der Waals surface area contributed by atoms with Crippen LogP contribution in [0.2, 0.25) is 5.02 Å². The van der Waals surface area contributed by atoms with Crippen molar-refractivity contribution in [3.05, 3.63) is 28.3 Å². The van der Waals surface area contributed by atoms with Crippen molar-refractivity contribution >= 4 is 23.2 Å². The Balaban J connectivity index is 3.07. The Morgan fingerprint density at radius 2 is 2.12 bits per heavy atom. The molecule has 0 bridgehead atoms. The number of carbonyl (C=O) groups is 1. The fourth-order valence-corrected chi connectivity index (χ4v) is 1.39. The molecule has 0 heterocycles. The highest BCUT2D eigenvalue weighted by Crippen LogP contribution is 2.27. The quantitative estimate of drug-likeness (QED) is 0.848. The van der Waals surface area contributed by atoms with E-state index in [0.29, 0.717) is 21.8 Å². The number of halogens is 1. The van der Waals surface area contributed by atoms with Gasteiger partial charge in [0.1, 0.15) is 11.7 Å². The third-order valence-corrected chi connectivity index (χ3v) is 2.80. The lowest BCUT2D eigenvalue weighted by Crippen LogP contribution is -2.36. The Hall–Kier alpha value is -1.57. The van der Waals surface area contributed by atoms with Crippen LogP contribution >= 0.6 is 11.6 Å². The lowest BCUT2D eigenvalue weighted by molar-refractivity contribution is -0.130. The molecule has 2 N–H and O–H groups in total. The third-order valence-electron chi connectivity index (χ3n) is 2.31. The minimum atomic E-state index is -1.47. The number of anilines is 1. The average molecular weight is 253 g/mol. The molecule has 0 spiro atoms. The molecule has 1 amide bonds. The lowest BCUT2D eigenvalue weighted by atomic mass is 10.1. The van der Waals surface area contributed by atoms with Gasteiger partial charge >= 0.3 is 0 Å². The summed E-state index contributed by atoms with van der Waals surface area (Å²) in [5, 5.41) is 21.2. The Kier molecular flexibility index (Phi) is 3.76. The second-order valence-corrected chi connectivity index (χ2v) is 4.60. The summed E-state index contributed by atoms with van der Waals surface area (Å²) in [5.41, 5.74) is -0.0258. The van der Waals surface area contributed by atoms with Crippen LogP contribution in [-0.4, -0.2) is 16.6 Å². The number of benzene rings is 1. The van der Waals surface area contributed by atoms with E-state index in [4.69, 9.17) is 16.9 Å². The zero-order valence-electron chi connectivity index (χ0n) is 9.84. The molecule has 0 aliphatic carbocycles. The summed E-state index contributed by atoms with van der Waals surface area (Å²) in [5.74, 6) is -0.527. The summed E-state index contributed by atoms with van der Waals surface area (Å²) in [4.78, 5) is 11.6. The maximum Gasteiger partial charge on any atom is 0.255 e. The highest BCUT2D eigenvalue weighted by atomic mass is 35.5. The summed E-state index contributed by atoms with van der Waals surface area (Å²) >= 11 is 5.96. The molecule has 0 radical (unpaired) electrons. The smallest absolute Gasteiger partial charge is 0.255 e. The summed E-state index contributed by atoms with van der Waals surface area (Å²) in [6.45, 7) is 4.48. The van der Waals surface area contributed by atoms with Gasteiger partial charge in [0.2, 0.25) is 0 Å². The van der Waals surface area contributed by atoms with Crippen molar-refractivity contribution in [2.75, 3.05) is 5.32 Å². The Morgan fingerprint density at radius 3 is 2.59 bits per heavy atom.